The normalized spacial score (nSPS) is 19.5. The Balaban J connectivity index is 1.38. The van der Waals surface area contributed by atoms with Gasteiger partial charge < -0.3 is 14.4 Å². The van der Waals surface area contributed by atoms with E-state index in [1.807, 2.05) is 32.0 Å². The van der Waals surface area contributed by atoms with Crippen molar-refractivity contribution >= 4 is 28.6 Å². The molecule has 0 unspecified atom stereocenters. The molecule has 1 saturated heterocycles. The van der Waals surface area contributed by atoms with Crippen LogP contribution in [0.25, 0.3) is 5.57 Å². The molecule has 0 aliphatic carbocycles. The van der Waals surface area contributed by atoms with Crippen molar-refractivity contribution in [1.82, 2.24) is 4.90 Å². The summed E-state index contributed by atoms with van der Waals surface area (Å²) in [5.74, 6) is 0.539. The number of anilines is 2. The molecule has 0 bridgehead atoms. The summed E-state index contributed by atoms with van der Waals surface area (Å²) in [6, 6.07) is 11.8. The van der Waals surface area contributed by atoms with E-state index < -0.39 is 17.2 Å². The average molecular weight is 448 g/mol. The zero-order valence-electron chi connectivity index (χ0n) is 19.6. The fourth-order valence-corrected chi connectivity index (χ4v) is 5.15. The summed E-state index contributed by atoms with van der Waals surface area (Å²) in [6.07, 6.45) is 2.13. The van der Waals surface area contributed by atoms with Gasteiger partial charge in [0.15, 0.2) is 0 Å². The first-order valence-electron chi connectivity index (χ1n) is 11.3. The van der Waals surface area contributed by atoms with Crippen molar-refractivity contribution in [1.29, 1.82) is 0 Å². The molecule has 2 aromatic carbocycles. The van der Waals surface area contributed by atoms with Crippen molar-refractivity contribution in [3.8, 4) is 11.5 Å². The number of piperazine rings is 1. The Kier molecular flexibility index (Phi) is 5.16. The lowest BCUT2D eigenvalue weighted by Crippen LogP contribution is -2.49. The fourth-order valence-electron chi connectivity index (χ4n) is 5.15. The highest BCUT2D eigenvalue weighted by molar-refractivity contribution is 6.53. The summed E-state index contributed by atoms with van der Waals surface area (Å²) in [4.78, 5) is 32.0. The average Bonchev–Trinajstić information content (AvgIpc) is 3.09. The van der Waals surface area contributed by atoms with Gasteiger partial charge in [-0.25, -0.2) is 0 Å². The number of carbonyl (C=O) groups excluding carboxylic acids is 2. The van der Waals surface area contributed by atoms with Crippen molar-refractivity contribution in [2.75, 3.05) is 56.7 Å². The highest BCUT2D eigenvalue weighted by Crippen LogP contribution is 2.47. The molecule has 0 radical (unpaired) electrons. The van der Waals surface area contributed by atoms with Gasteiger partial charge in [-0.05, 0) is 55.8 Å². The number of nitrogens with zero attached hydrogens (tertiary/aromatic N) is 3. The molecule has 1 fully saturated rings. The monoisotopic (exact) mass is 447 g/mol. The largest absolute Gasteiger partial charge is 0.497 e. The van der Waals surface area contributed by atoms with E-state index in [4.69, 9.17) is 9.47 Å². The third kappa shape index (κ3) is 3.56. The maximum Gasteiger partial charge on any atom is 0.300 e. The second-order valence-electron chi connectivity index (χ2n) is 9.33. The molecule has 172 valence electrons. The number of benzene rings is 2. The molecule has 2 aromatic rings. The molecule has 7 nitrogen and oxygen atoms in total. The minimum absolute atomic E-state index is 0.442. The minimum Gasteiger partial charge on any atom is -0.497 e. The summed E-state index contributed by atoms with van der Waals surface area (Å²) in [6.45, 7) is 8.46. The molecule has 3 aliphatic rings. The van der Waals surface area contributed by atoms with Crippen LogP contribution in [0.5, 0.6) is 11.5 Å². The third-order valence-corrected chi connectivity index (χ3v) is 6.84. The van der Waals surface area contributed by atoms with Crippen LogP contribution in [-0.4, -0.2) is 69.1 Å². The van der Waals surface area contributed by atoms with E-state index >= 15 is 0 Å². The van der Waals surface area contributed by atoms with Gasteiger partial charge in [0.05, 0.1) is 31.0 Å². The second-order valence-corrected chi connectivity index (χ2v) is 9.33. The van der Waals surface area contributed by atoms with Crippen molar-refractivity contribution in [3.63, 3.8) is 0 Å². The number of amides is 1. The Morgan fingerprint density at radius 1 is 0.879 bits per heavy atom. The quantitative estimate of drug-likeness (QED) is 0.656. The van der Waals surface area contributed by atoms with E-state index in [-0.39, 0.29) is 0 Å². The highest BCUT2D eigenvalue weighted by atomic mass is 16.5. The van der Waals surface area contributed by atoms with Crippen LogP contribution in [0.2, 0.25) is 0 Å². The summed E-state index contributed by atoms with van der Waals surface area (Å²) >= 11 is 0. The Bertz CT molecular complexity index is 1140. The van der Waals surface area contributed by atoms with Crippen molar-refractivity contribution in [2.24, 2.45) is 0 Å². The Morgan fingerprint density at radius 3 is 2.15 bits per heavy atom. The van der Waals surface area contributed by atoms with Crippen LogP contribution in [0.3, 0.4) is 0 Å². The van der Waals surface area contributed by atoms with E-state index in [2.05, 4.69) is 28.0 Å². The number of hydrogen-bond donors (Lipinski definition) is 0. The topological polar surface area (TPSA) is 62.3 Å². The minimum atomic E-state index is -0.570. The SMILES string of the molecule is COc1ccc(N2CCN(CC3=CC(C)(C)N4C(=O)C(=O)c5cc(OC)cc3c54)CC2)cc1. The van der Waals surface area contributed by atoms with Crippen LogP contribution in [0, 0.1) is 0 Å². The number of rotatable bonds is 5. The van der Waals surface area contributed by atoms with Gasteiger partial charge in [0, 0.05) is 44.0 Å². The first-order chi connectivity index (χ1) is 15.8. The third-order valence-electron chi connectivity index (χ3n) is 6.84. The number of carbonyl (C=O) groups is 2. The van der Waals surface area contributed by atoms with Crippen LogP contribution in [0.15, 0.2) is 42.5 Å². The lowest BCUT2D eigenvalue weighted by atomic mass is 9.87. The summed E-state index contributed by atoms with van der Waals surface area (Å²) in [5.41, 5.74) is 3.85. The molecule has 0 aromatic heterocycles. The maximum absolute atomic E-state index is 12.8. The van der Waals surface area contributed by atoms with Gasteiger partial charge in [-0.15, -0.1) is 0 Å². The molecule has 1 amide bonds. The summed E-state index contributed by atoms with van der Waals surface area (Å²) in [7, 11) is 3.26. The van der Waals surface area contributed by atoms with Crippen LogP contribution >= 0.6 is 0 Å². The van der Waals surface area contributed by atoms with Crippen molar-refractivity contribution in [3.05, 3.63) is 53.6 Å². The van der Waals surface area contributed by atoms with Gasteiger partial charge >= 0.3 is 0 Å². The van der Waals surface area contributed by atoms with E-state index in [1.165, 1.54) is 5.69 Å². The number of ketones is 1. The second kappa shape index (κ2) is 7.92. The van der Waals surface area contributed by atoms with Crippen molar-refractivity contribution in [2.45, 2.75) is 19.4 Å². The van der Waals surface area contributed by atoms with Gasteiger partial charge in [-0.3, -0.25) is 19.4 Å². The zero-order valence-corrected chi connectivity index (χ0v) is 19.6. The van der Waals surface area contributed by atoms with Crippen LogP contribution in [0.1, 0.15) is 29.8 Å². The van der Waals surface area contributed by atoms with E-state index in [1.54, 1.807) is 25.2 Å². The first-order valence-corrected chi connectivity index (χ1v) is 11.3. The Morgan fingerprint density at radius 2 is 1.52 bits per heavy atom. The molecular weight excluding hydrogens is 418 g/mol. The molecule has 7 heteroatoms. The molecule has 0 saturated carbocycles. The molecule has 33 heavy (non-hydrogen) atoms. The van der Waals surface area contributed by atoms with E-state index in [9.17, 15) is 9.59 Å². The number of Topliss-reactive ketones (excluding diaryl/α,β-unsaturated/α-hetero) is 1. The predicted molar refractivity (Wildman–Crippen MR) is 129 cm³/mol. The number of ether oxygens (including phenoxy) is 2. The first kappa shape index (κ1) is 21.5. The predicted octanol–water partition coefficient (Wildman–Crippen LogP) is 3.23. The Labute approximate surface area is 194 Å². The van der Waals surface area contributed by atoms with Crippen LogP contribution in [0.4, 0.5) is 11.4 Å². The number of hydrogen-bond acceptors (Lipinski definition) is 6. The van der Waals surface area contributed by atoms with Crippen LogP contribution < -0.4 is 19.3 Å². The van der Waals surface area contributed by atoms with Gasteiger partial charge in [-0.2, -0.15) is 0 Å². The Hall–Kier alpha value is -3.32. The highest BCUT2D eigenvalue weighted by Gasteiger charge is 2.47. The standard InChI is InChI=1S/C26H29N3O4/c1-26(2)15-17(21-13-20(33-4)14-22-23(21)29(26)25(31)24(22)30)16-27-9-11-28(12-10-27)18-5-7-19(32-3)8-6-18/h5-8,13-15H,9-12,16H2,1-4H3. The number of methoxy groups -OCH3 is 2. The summed E-state index contributed by atoms with van der Waals surface area (Å²) in [5, 5.41) is 0. The fraction of sp³-hybridized carbons (Fsp3) is 0.385. The molecule has 5 rings (SSSR count). The van der Waals surface area contributed by atoms with Crippen molar-refractivity contribution < 1.29 is 19.1 Å². The molecule has 0 N–H and O–H groups in total. The molecule has 0 spiro atoms. The van der Waals surface area contributed by atoms with Gasteiger partial charge in [-0.1, -0.05) is 6.08 Å². The molecule has 0 atom stereocenters. The summed E-state index contributed by atoms with van der Waals surface area (Å²) < 4.78 is 10.7. The molecule has 3 aliphatic heterocycles. The van der Waals surface area contributed by atoms with Crippen LogP contribution in [-0.2, 0) is 4.79 Å². The molecule has 3 heterocycles. The van der Waals surface area contributed by atoms with Gasteiger partial charge in [0.2, 0.25) is 0 Å². The smallest absolute Gasteiger partial charge is 0.300 e. The lowest BCUT2D eigenvalue weighted by molar-refractivity contribution is -0.115. The van der Waals surface area contributed by atoms with Gasteiger partial charge in [0.1, 0.15) is 11.5 Å². The lowest BCUT2D eigenvalue weighted by Gasteiger charge is -2.41. The maximum atomic E-state index is 12.8. The van der Waals surface area contributed by atoms with E-state index in [0.717, 1.165) is 55.3 Å². The zero-order chi connectivity index (χ0) is 23.3. The van der Waals surface area contributed by atoms with Gasteiger partial charge in [0.25, 0.3) is 11.7 Å². The molecular formula is C26H29N3O4. The van der Waals surface area contributed by atoms with E-state index in [0.29, 0.717) is 11.3 Å².